The largest absolute Gasteiger partial charge is 0.476 e. The predicted octanol–water partition coefficient (Wildman–Crippen LogP) is 6.99. The fourth-order valence-corrected chi connectivity index (χ4v) is 5.69. The molecule has 0 saturated heterocycles. The Balaban J connectivity index is 1.73. The molecule has 0 atom stereocenters. The topological polar surface area (TPSA) is 24.4 Å². The Morgan fingerprint density at radius 3 is 2.21 bits per heavy atom. The van der Waals surface area contributed by atoms with Crippen LogP contribution in [0.1, 0.15) is 47.6 Å². The molecule has 1 N–H and O–H groups in total. The number of para-hydroxylation sites is 1. The van der Waals surface area contributed by atoms with E-state index < -0.39 is 14.4 Å². The van der Waals surface area contributed by atoms with Crippen molar-refractivity contribution in [1.29, 1.82) is 0 Å². The summed E-state index contributed by atoms with van der Waals surface area (Å²) in [4.78, 5) is 4.73. The molecule has 0 aromatic heterocycles. The van der Waals surface area contributed by atoms with Crippen LogP contribution in [0.15, 0.2) is 71.7 Å². The van der Waals surface area contributed by atoms with Gasteiger partial charge in [0.2, 0.25) is 0 Å². The molecule has 0 aliphatic rings. The first-order chi connectivity index (χ1) is 13.9. The van der Waals surface area contributed by atoms with Crippen LogP contribution in [0, 0.1) is 13.8 Å². The second-order valence-electron chi connectivity index (χ2n) is 8.22. The third-order valence-electron chi connectivity index (χ3n) is 5.37. The third kappa shape index (κ3) is 5.83. The van der Waals surface area contributed by atoms with Crippen molar-refractivity contribution in [2.75, 3.05) is 4.30 Å². The minimum atomic E-state index is -1.17. The van der Waals surface area contributed by atoms with Crippen LogP contribution in [-0.2, 0) is 5.28 Å². The maximum atomic E-state index is 4.73. The molecule has 3 aromatic rings. The fourth-order valence-electron chi connectivity index (χ4n) is 3.60. The van der Waals surface area contributed by atoms with Crippen LogP contribution in [0.5, 0.6) is 0 Å². The fraction of sp³-hybridized carbons (Fsp3) is 0.269. The second kappa shape index (κ2) is 9.92. The highest BCUT2D eigenvalue weighted by Crippen LogP contribution is 2.22. The van der Waals surface area contributed by atoms with Gasteiger partial charge in [0.05, 0.1) is 5.69 Å². The van der Waals surface area contributed by atoms with Gasteiger partial charge < -0.3 is 4.30 Å². The SMILES string of the molecule is Cc1cccc(C)c1[NH][Al]([CH3])[CH2]c1ccccc1C=Nc1ccc(C(C)C)cc1. The van der Waals surface area contributed by atoms with Crippen LogP contribution in [-0.4, -0.2) is 20.6 Å². The van der Waals surface area contributed by atoms with E-state index in [2.05, 4.69) is 105 Å². The quantitative estimate of drug-likeness (QED) is 0.336. The molecule has 0 heterocycles. The highest BCUT2D eigenvalue weighted by Gasteiger charge is 2.16. The molecule has 148 valence electrons. The Labute approximate surface area is 180 Å². The van der Waals surface area contributed by atoms with Crippen LogP contribution in [0.3, 0.4) is 0 Å². The zero-order chi connectivity index (χ0) is 20.8. The van der Waals surface area contributed by atoms with Gasteiger partial charge in [0.25, 0.3) is 0 Å². The predicted molar refractivity (Wildman–Crippen MR) is 129 cm³/mol. The summed E-state index contributed by atoms with van der Waals surface area (Å²) >= 11 is -1.17. The van der Waals surface area contributed by atoms with Crippen molar-refractivity contribution in [2.45, 2.75) is 44.7 Å². The van der Waals surface area contributed by atoms with E-state index in [1.807, 2.05) is 6.21 Å². The molecule has 0 bridgehead atoms. The first-order valence-corrected chi connectivity index (χ1v) is 13.0. The molecule has 0 aliphatic carbocycles. The van der Waals surface area contributed by atoms with Gasteiger partial charge in [-0.2, -0.15) is 0 Å². The van der Waals surface area contributed by atoms with Crippen molar-refractivity contribution >= 4 is 32.0 Å². The van der Waals surface area contributed by atoms with E-state index in [1.54, 1.807) is 0 Å². The Morgan fingerprint density at radius 2 is 1.55 bits per heavy atom. The Morgan fingerprint density at radius 1 is 0.897 bits per heavy atom. The van der Waals surface area contributed by atoms with E-state index in [1.165, 1.54) is 33.5 Å². The van der Waals surface area contributed by atoms with Crippen molar-refractivity contribution in [3.63, 3.8) is 0 Å². The molecule has 0 amide bonds. The summed E-state index contributed by atoms with van der Waals surface area (Å²) in [6.45, 7) is 8.79. The van der Waals surface area contributed by atoms with Crippen molar-refractivity contribution in [3.8, 4) is 0 Å². The summed E-state index contributed by atoms with van der Waals surface area (Å²) in [5.74, 6) is 2.93. The standard InChI is InChI=1S/C17H18N.C8H10N.CH3.Al/c1-13(2)15-8-10-17(11-9-15)18-12-16-7-5-4-6-14(16)3;1-6-4-3-5-7(2)8(6)9;;/h4-13H,3H2,1-2H3;3-5,9H,1-2H3;1H3;/q;-1;;+1. The van der Waals surface area contributed by atoms with Crippen LogP contribution in [0.25, 0.3) is 0 Å². The van der Waals surface area contributed by atoms with Gasteiger partial charge in [-0.25, -0.2) is 0 Å². The zero-order valence-electron chi connectivity index (χ0n) is 18.2. The molecule has 0 radical (unpaired) electrons. The summed E-state index contributed by atoms with van der Waals surface area (Å²) in [6, 6.07) is 23.7. The van der Waals surface area contributed by atoms with Gasteiger partial charge in [-0.05, 0) is 59.4 Å². The van der Waals surface area contributed by atoms with E-state index in [-0.39, 0.29) is 0 Å². The zero-order valence-corrected chi connectivity index (χ0v) is 19.4. The highest BCUT2D eigenvalue weighted by molar-refractivity contribution is 6.60. The van der Waals surface area contributed by atoms with E-state index in [4.69, 9.17) is 4.99 Å². The first-order valence-electron chi connectivity index (χ1n) is 10.5. The molecule has 0 aliphatic heterocycles. The lowest BCUT2D eigenvalue weighted by atomic mass is 10.0. The minimum Gasteiger partial charge on any atom is -0.476 e. The van der Waals surface area contributed by atoms with E-state index in [0.717, 1.165) is 11.0 Å². The molecule has 3 aromatic carbocycles. The van der Waals surface area contributed by atoms with Crippen LogP contribution < -0.4 is 4.30 Å². The molecule has 0 fully saturated rings. The number of hydrogen-bond donors (Lipinski definition) is 1. The number of aliphatic imine (C=N–C) groups is 1. The molecular formula is C26H31AlN2. The van der Waals surface area contributed by atoms with Crippen LogP contribution in [0.4, 0.5) is 11.4 Å². The molecule has 3 rings (SSSR count). The van der Waals surface area contributed by atoms with Crippen molar-refractivity contribution in [3.05, 3.63) is 94.5 Å². The van der Waals surface area contributed by atoms with Gasteiger partial charge in [0.1, 0.15) is 0 Å². The van der Waals surface area contributed by atoms with Crippen molar-refractivity contribution in [1.82, 2.24) is 0 Å². The van der Waals surface area contributed by atoms with Gasteiger partial charge in [0.15, 0.2) is 0 Å². The molecular weight excluding hydrogens is 367 g/mol. The van der Waals surface area contributed by atoms with Crippen molar-refractivity contribution < 1.29 is 0 Å². The Hall–Kier alpha value is -2.34. The van der Waals surface area contributed by atoms with Crippen LogP contribution in [0.2, 0.25) is 5.79 Å². The number of nitrogens with one attached hydrogen (secondary N) is 1. The average Bonchev–Trinajstić information content (AvgIpc) is 2.70. The van der Waals surface area contributed by atoms with E-state index in [0.29, 0.717) is 5.92 Å². The number of nitrogens with zero attached hydrogens (tertiary/aromatic N) is 1. The van der Waals surface area contributed by atoms with Crippen molar-refractivity contribution in [2.24, 2.45) is 4.99 Å². The Bertz CT molecular complexity index is 954. The second-order valence-corrected chi connectivity index (χ2v) is 10.7. The molecule has 29 heavy (non-hydrogen) atoms. The van der Waals surface area contributed by atoms with Gasteiger partial charge in [-0.15, -0.1) is 0 Å². The molecule has 3 heteroatoms. The van der Waals surface area contributed by atoms with Gasteiger partial charge in [-0.1, -0.05) is 79.8 Å². The number of aryl methyl sites for hydroxylation is 2. The summed E-state index contributed by atoms with van der Waals surface area (Å²) in [5, 5.41) is 1.09. The maximum Gasteiger partial charge on any atom is 0.412 e. The third-order valence-corrected chi connectivity index (χ3v) is 7.20. The van der Waals surface area contributed by atoms with Crippen LogP contribution >= 0.6 is 0 Å². The van der Waals surface area contributed by atoms with Gasteiger partial charge in [-0.3, -0.25) is 4.99 Å². The molecule has 2 nitrogen and oxygen atoms in total. The monoisotopic (exact) mass is 398 g/mol. The smallest absolute Gasteiger partial charge is 0.412 e. The number of hydrogen-bond acceptors (Lipinski definition) is 2. The summed E-state index contributed by atoms with van der Waals surface area (Å²) in [7, 11) is 0. The molecule has 0 unspecified atom stereocenters. The highest BCUT2D eigenvalue weighted by atomic mass is 27.2. The lowest BCUT2D eigenvalue weighted by molar-refractivity contribution is 0.867. The molecule has 0 saturated carbocycles. The molecule has 0 spiro atoms. The number of rotatable bonds is 7. The van der Waals surface area contributed by atoms with E-state index >= 15 is 0 Å². The van der Waals surface area contributed by atoms with Gasteiger partial charge in [0, 0.05) is 11.9 Å². The lowest BCUT2D eigenvalue weighted by Gasteiger charge is -2.17. The minimum absolute atomic E-state index is 0.546. The number of anilines is 1. The van der Waals surface area contributed by atoms with E-state index in [9.17, 15) is 0 Å². The summed E-state index contributed by atoms with van der Waals surface area (Å²) in [5.41, 5.74) is 8.89. The summed E-state index contributed by atoms with van der Waals surface area (Å²) in [6.07, 6.45) is 2.01. The van der Waals surface area contributed by atoms with Gasteiger partial charge >= 0.3 is 14.4 Å². The lowest BCUT2D eigenvalue weighted by Crippen LogP contribution is -2.25. The Kier molecular flexibility index (Phi) is 7.31. The summed E-state index contributed by atoms with van der Waals surface area (Å²) < 4.78 is 3.84. The maximum absolute atomic E-state index is 4.73. The normalized spacial score (nSPS) is 11.2. The number of benzene rings is 3. The first kappa shape index (κ1) is 21.4. The average molecular weight is 399 g/mol.